The number of benzene rings is 3. The SMILES string of the molecule is COc1cccc(/C(=C\C(=O)c2ccccc2Br)Nc2ccc(F)cc2)c1. The first-order valence-electron chi connectivity index (χ1n) is 8.24. The first kappa shape index (κ1) is 18.9. The van der Waals surface area contributed by atoms with E-state index in [0.29, 0.717) is 22.7 Å². The summed E-state index contributed by atoms with van der Waals surface area (Å²) in [7, 11) is 1.59. The summed E-state index contributed by atoms with van der Waals surface area (Å²) in [6, 6.07) is 20.6. The highest BCUT2D eigenvalue weighted by molar-refractivity contribution is 9.10. The Morgan fingerprint density at radius 3 is 2.48 bits per heavy atom. The van der Waals surface area contributed by atoms with Gasteiger partial charge in [-0.1, -0.05) is 40.2 Å². The first-order valence-corrected chi connectivity index (χ1v) is 9.03. The monoisotopic (exact) mass is 425 g/mol. The van der Waals surface area contributed by atoms with Gasteiger partial charge in [-0.05, 0) is 48.5 Å². The smallest absolute Gasteiger partial charge is 0.189 e. The Kier molecular flexibility index (Phi) is 6.04. The van der Waals surface area contributed by atoms with Gasteiger partial charge < -0.3 is 10.1 Å². The average Bonchev–Trinajstić information content (AvgIpc) is 2.69. The lowest BCUT2D eigenvalue weighted by Gasteiger charge is -2.13. The minimum absolute atomic E-state index is 0.157. The molecule has 3 nitrogen and oxygen atoms in total. The van der Waals surface area contributed by atoms with E-state index >= 15 is 0 Å². The van der Waals surface area contributed by atoms with Gasteiger partial charge in [0.1, 0.15) is 11.6 Å². The molecule has 0 unspecified atom stereocenters. The number of methoxy groups -OCH3 is 1. The molecule has 0 bridgehead atoms. The van der Waals surface area contributed by atoms with E-state index in [4.69, 9.17) is 4.74 Å². The number of hydrogen-bond donors (Lipinski definition) is 1. The number of hydrogen-bond acceptors (Lipinski definition) is 3. The van der Waals surface area contributed by atoms with Gasteiger partial charge in [0.2, 0.25) is 0 Å². The van der Waals surface area contributed by atoms with Crippen LogP contribution >= 0.6 is 15.9 Å². The van der Waals surface area contributed by atoms with Crippen molar-refractivity contribution in [1.29, 1.82) is 0 Å². The van der Waals surface area contributed by atoms with Crippen LogP contribution in [0, 0.1) is 5.82 Å². The van der Waals surface area contributed by atoms with Crippen LogP contribution in [-0.2, 0) is 0 Å². The predicted molar refractivity (Wildman–Crippen MR) is 109 cm³/mol. The van der Waals surface area contributed by atoms with Crippen molar-refractivity contribution in [2.24, 2.45) is 0 Å². The fourth-order valence-electron chi connectivity index (χ4n) is 2.54. The van der Waals surface area contributed by atoms with Crippen molar-refractivity contribution in [3.8, 4) is 5.75 Å². The molecule has 1 N–H and O–H groups in total. The fraction of sp³-hybridized carbons (Fsp3) is 0.0455. The Morgan fingerprint density at radius 2 is 1.78 bits per heavy atom. The van der Waals surface area contributed by atoms with Gasteiger partial charge in [-0.2, -0.15) is 0 Å². The van der Waals surface area contributed by atoms with Crippen LogP contribution in [0.2, 0.25) is 0 Å². The maximum Gasteiger partial charge on any atom is 0.189 e. The first-order chi connectivity index (χ1) is 13.1. The highest BCUT2D eigenvalue weighted by Crippen LogP contribution is 2.24. The summed E-state index contributed by atoms with van der Waals surface area (Å²) in [6.07, 6.45) is 1.53. The number of nitrogens with one attached hydrogen (secondary N) is 1. The number of anilines is 1. The molecule has 0 aromatic heterocycles. The van der Waals surface area contributed by atoms with Crippen LogP contribution in [0.25, 0.3) is 5.70 Å². The number of ketones is 1. The molecule has 0 saturated carbocycles. The second-order valence-electron chi connectivity index (χ2n) is 5.77. The number of carbonyl (C=O) groups excluding carboxylic acids is 1. The van der Waals surface area contributed by atoms with Crippen LogP contribution in [0.15, 0.2) is 83.3 Å². The molecular weight excluding hydrogens is 409 g/mol. The van der Waals surface area contributed by atoms with Crippen LogP contribution < -0.4 is 10.1 Å². The van der Waals surface area contributed by atoms with Crippen molar-refractivity contribution >= 4 is 33.1 Å². The lowest BCUT2D eigenvalue weighted by molar-refractivity contribution is 0.104. The molecule has 136 valence electrons. The molecule has 0 amide bonds. The molecule has 0 aliphatic heterocycles. The number of rotatable bonds is 6. The second kappa shape index (κ2) is 8.64. The minimum atomic E-state index is -0.322. The zero-order valence-electron chi connectivity index (χ0n) is 14.6. The largest absolute Gasteiger partial charge is 0.497 e. The van der Waals surface area contributed by atoms with Gasteiger partial charge in [-0.25, -0.2) is 4.39 Å². The Bertz CT molecular complexity index is 984. The Labute approximate surface area is 165 Å². The highest BCUT2D eigenvalue weighted by Gasteiger charge is 2.11. The van der Waals surface area contributed by atoms with E-state index in [2.05, 4.69) is 21.2 Å². The van der Waals surface area contributed by atoms with Gasteiger partial charge in [0, 0.05) is 33.1 Å². The summed E-state index contributed by atoms with van der Waals surface area (Å²) in [5.74, 6) is 0.194. The fourth-order valence-corrected chi connectivity index (χ4v) is 3.02. The van der Waals surface area contributed by atoms with Crippen LogP contribution in [0.3, 0.4) is 0 Å². The van der Waals surface area contributed by atoms with Crippen LogP contribution in [0.5, 0.6) is 5.75 Å². The quantitative estimate of drug-likeness (QED) is 0.392. The van der Waals surface area contributed by atoms with E-state index in [1.54, 1.807) is 25.3 Å². The van der Waals surface area contributed by atoms with Crippen molar-refractivity contribution < 1.29 is 13.9 Å². The normalized spacial score (nSPS) is 11.1. The van der Waals surface area contributed by atoms with E-state index in [9.17, 15) is 9.18 Å². The number of carbonyl (C=O) groups is 1. The predicted octanol–water partition coefficient (Wildman–Crippen LogP) is 5.93. The molecule has 5 heteroatoms. The minimum Gasteiger partial charge on any atom is -0.497 e. The molecule has 0 saturated heterocycles. The van der Waals surface area contributed by atoms with Gasteiger partial charge in [0.05, 0.1) is 7.11 Å². The summed E-state index contributed by atoms with van der Waals surface area (Å²) in [4.78, 5) is 12.8. The van der Waals surface area contributed by atoms with Crippen molar-refractivity contribution in [3.05, 3.63) is 100 Å². The lowest BCUT2D eigenvalue weighted by Crippen LogP contribution is -2.04. The van der Waals surface area contributed by atoms with E-state index in [0.717, 1.165) is 10.0 Å². The Hall–Kier alpha value is -2.92. The van der Waals surface area contributed by atoms with Gasteiger partial charge in [-0.15, -0.1) is 0 Å². The molecule has 0 aliphatic rings. The molecule has 0 radical (unpaired) electrons. The summed E-state index contributed by atoms with van der Waals surface area (Å²) in [5.41, 5.74) is 2.59. The van der Waals surface area contributed by atoms with Gasteiger partial charge >= 0.3 is 0 Å². The van der Waals surface area contributed by atoms with Crippen molar-refractivity contribution in [2.75, 3.05) is 12.4 Å². The molecule has 0 heterocycles. The zero-order chi connectivity index (χ0) is 19.2. The van der Waals surface area contributed by atoms with Crippen LogP contribution in [-0.4, -0.2) is 12.9 Å². The van der Waals surface area contributed by atoms with E-state index in [1.807, 2.05) is 42.5 Å². The topological polar surface area (TPSA) is 38.3 Å². The maximum absolute atomic E-state index is 13.2. The van der Waals surface area contributed by atoms with E-state index < -0.39 is 0 Å². The molecule has 0 spiro atoms. The molecule has 0 atom stereocenters. The zero-order valence-corrected chi connectivity index (χ0v) is 16.2. The Morgan fingerprint density at radius 1 is 1.04 bits per heavy atom. The third-order valence-electron chi connectivity index (χ3n) is 3.92. The summed E-state index contributed by atoms with van der Waals surface area (Å²) in [6.45, 7) is 0. The van der Waals surface area contributed by atoms with E-state index in [1.165, 1.54) is 18.2 Å². The van der Waals surface area contributed by atoms with Crippen LogP contribution in [0.1, 0.15) is 15.9 Å². The molecule has 3 rings (SSSR count). The molecule has 27 heavy (non-hydrogen) atoms. The summed E-state index contributed by atoms with van der Waals surface area (Å²) >= 11 is 3.41. The van der Waals surface area contributed by atoms with Gasteiger partial charge in [-0.3, -0.25) is 4.79 Å². The average molecular weight is 426 g/mol. The number of ether oxygens (including phenoxy) is 1. The molecule has 3 aromatic rings. The second-order valence-corrected chi connectivity index (χ2v) is 6.62. The van der Waals surface area contributed by atoms with E-state index in [-0.39, 0.29) is 11.6 Å². The van der Waals surface area contributed by atoms with Gasteiger partial charge in [0.25, 0.3) is 0 Å². The third kappa shape index (κ3) is 4.83. The molecular formula is C22H17BrFNO2. The lowest BCUT2D eigenvalue weighted by atomic mass is 10.1. The third-order valence-corrected chi connectivity index (χ3v) is 4.61. The Balaban J connectivity index is 2.01. The molecule has 0 fully saturated rings. The number of allylic oxidation sites excluding steroid dienone is 1. The summed E-state index contributed by atoms with van der Waals surface area (Å²) < 4.78 is 19.2. The van der Waals surface area contributed by atoms with Crippen molar-refractivity contribution in [1.82, 2.24) is 0 Å². The number of halogens is 2. The standard InChI is InChI=1S/C22H17BrFNO2/c1-27-18-6-4-5-15(13-18)21(25-17-11-9-16(24)10-12-17)14-22(26)19-7-2-3-8-20(19)23/h2-14,25H,1H3/b21-14+. The summed E-state index contributed by atoms with van der Waals surface area (Å²) in [5, 5.41) is 3.20. The highest BCUT2D eigenvalue weighted by atomic mass is 79.9. The molecule has 3 aromatic carbocycles. The maximum atomic E-state index is 13.2. The molecule has 0 aliphatic carbocycles. The van der Waals surface area contributed by atoms with Crippen molar-refractivity contribution in [3.63, 3.8) is 0 Å². The van der Waals surface area contributed by atoms with Crippen LogP contribution in [0.4, 0.5) is 10.1 Å². The van der Waals surface area contributed by atoms with Crippen molar-refractivity contribution in [2.45, 2.75) is 0 Å². The van der Waals surface area contributed by atoms with Gasteiger partial charge in [0.15, 0.2) is 5.78 Å².